The number of esters is 1. The van der Waals surface area contributed by atoms with E-state index in [0.717, 1.165) is 0 Å². The Bertz CT molecular complexity index is 190. The molecule has 0 bridgehead atoms. The highest BCUT2D eigenvalue weighted by atomic mass is 32.2. The molecular formula is C7H10O3S. The standard InChI is InChI=1S/C7H10O3S/c1-4-6(7(9)10-2)5(8)3-11-4/h4,6H,3H2,1-2H3. The van der Waals surface area contributed by atoms with Crippen LogP contribution in [-0.4, -0.2) is 29.9 Å². The summed E-state index contributed by atoms with van der Waals surface area (Å²) in [5, 5.41) is 0.0787. The Hall–Kier alpha value is -0.510. The van der Waals surface area contributed by atoms with Crippen molar-refractivity contribution in [2.24, 2.45) is 5.92 Å². The van der Waals surface area contributed by atoms with Crippen LogP contribution in [0.25, 0.3) is 0 Å². The van der Waals surface area contributed by atoms with Gasteiger partial charge in [-0.3, -0.25) is 9.59 Å². The Balaban J connectivity index is 2.68. The van der Waals surface area contributed by atoms with Crippen molar-refractivity contribution in [1.82, 2.24) is 0 Å². The van der Waals surface area contributed by atoms with E-state index < -0.39 is 11.9 Å². The van der Waals surface area contributed by atoms with Gasteiger partial charge < -0.3 is 4.74 Å². The summed E-state index contributed by atoms with van der Waals surface area (Å²) in [7, 11) is 1.31. The molecule has 0 radical (unpaired) electrons. The van der Waals surface area contributed by atoms with E-state index in [-0.39, 0.29) is 11.0 Å². The maximum absolute atomic E-state index is 11.1. The molecule has 1 aliphatic rings. The van der Waals surface area contributed by atoms with Gasteiger partial charge in [-0.2, -0.15) is 0 Å². The minimum absolute atomic E-state index is 0.00523. The molecule has 0 saturated carbocycles. The van der Waals surface area contributed by atoms with E-state index in [1.165, 1.54) is 18.9 Å². The number of ketones is 1. The molecule has 1 rings (SSSR count). The number of hydrogen-bond donors (Lipinski definition) is 0. The van der Waals surface area contributed by atoms with E-state index in [2.05, 4.69) is 4.74 Å². The first kappa shape index (κ1) is 8.59. The Morgan fingerprint density at radius 3 is 2.73 bits per heavy atom. The van der Waals surface area contributed by atoms with E-state index in [4.69, 9.17) is 0 Å². The smallest absolute Gasteiger partial charge is 0.317 e. The van der Waals surface area contributed by atoms with Crippen molar-refractivity contribution in [3.63, 3.8) is 0 Å². The zero-order valence-electron chi connectivity index (χ0n) is 6.49. The van der Waals surface area contributed by atoms with Crippen LogP contribution in [0.15, 0.2) is 0 Å². The third-order valence-corrected chi connectivity index (χ3v) is 3.01. The third kappa shape index (κ3) is 1.56. The third-order valence-electron chi connectivity index (χ3n) is 1.76. The quantitative estimate of drug-likeness (QED) is 0.428. The lowest BCUT2D eigenvalue weighted by molar-refractivity contribution is -0.148. The van der Waals surface area contributed by atoms with E-state index in [1.54, 1.807) is 0 Å². The van der Waals surface area contributed by atoms with Crippen LogP contribution in [0.2, 0.25) is 0 Å². The molecule has 0 aromatic carbocycles. The van der Waals surface area contributed by atoms with Crippen molar-refractivity contribution in [2.45, 2.75) is 12.2 Å². The molecule has 0 aliphatic carbocycles. The van der Waals surface area contributed by atoms with Crippen molar-refractivity contribution in [2.75, 3.05) is 12.9 Å². The summed E-state index contributed by atoms with van der Waals surface area (Å²) in [6, 6.07) is 0. The van der Waals surface area contributed by atoms with E-state index in [0.29, 0.717) is 5.75 Å². The van der Waals surface area contributed by atoms with Gasteiger partial charge in [0.25, 0.3) is 0 Å². The molecule has 0 aromatic rings. The number of ether oxygens (including phenoxy) is 1. The maximum atomic E-state index is 11.1. The number of Topliss-reactive ketones (excluding diaryl/α,β-unsaturated/α-hetero) is 1. The van der Waals surface area contributed by atoms with Crippen molar-refractivity contribution in [3.8, 4) is 0 Å². The molecular weight excluding hydrogens is 164 g/mol. The molecule has 0 N–H and O–H groups in total. The predicted molar refractivity (Wildman–Crippen MR) is 42.4 cm³/mol. The average molecular weight is 174 g/mol. The zero-order valence-corrected chi connectivity index (χ0v) is 7.31. The summed E-state index contributed by atoms with van der Waals surface area (Å²) in [4.78, 5) is 22.0. The fourth-order valence-electron chi connectivity index (χ4n) is 1.11. The highest BCUT2D eigenvalue weighted by Crippen LogP contribution is 2.29. The van der Waals surface area contributed by atoms with Gasteiger partial charge in [0.05, 0.1) is 12.9 Å². The lowest BCUT2D eigenvalue weighted by Gasteiger charge is -2.08. The molecule has 4 heteroatoms. The van der Waals surface area contributed by atoms with E-state index in [1.807, 2.05) is 6.92 Å². The van der Waals surface area contributed by atoms with Gasteiger partial charge in [0.2, 0.25) is 0 Å². The lowest BCUT2D eigenvalue weighted by atomic mass is 10.0. The number of methoxy groups -OCH3 is 1. The normalized spacial score (nSPS) is 30.5. The Labute approximate surface area is 69.5 Å². The largest absolute Gasteiger partial charge is 0.468 e. The SMILES string of the molecule is COC(=O)C1C(=O)CSC1C. The molecule has 62 valence electrons. The molecule has 3 nitrogen and oxygen atoms in total. The van der Waals surface area contributed by atoms with E-state index in [9.17, 15) is 9.59 Å². The summed E-state index contributed by atoms with van der Waals surface area (Å²) in [5.41, 5.74) is 0. The van der Waals surface area contributed by atoms with E-state index >= 15 is 0 Å². The molecule has 1 heterocycles. The topological polar surface area (TPSA) is 43.4 Å². The molecule has 11 heavy (non-hydrogen) atoms. The number of thioether (sulfide) groups is 1. The lowest BCUT2D eigenvalue weighted by Crippen LogP contribution is -2.27. The Morgan fingerprint density at radius 1 is 1.73 bits per heavy atom. The minimum atomic E-state index is -0.523. The van der Waals surface area contributed by atoms with Crippen molar-refractivity contribution < 1.29 is 14.3 Å². The van der Waals surface area contributed by atoms with Crippen LogP contribution in [0.5, 0.6) is 0 Å². The van der Waals surface area contributed by atoms with Gasteiger partial charge in [0, 0.05) is 5.25 Å². The van der Waals surface area contributed by atoms with Crippen LogP contribution in [-0.2, 0) is 14.3 Å². The van der Waals surface area contributed by atoms with Crippen molar-refractivity contribution >= 4 is 23.5 Å². The molecule has 1 fully saturated rings. The van der Waals surface area contributed by atoms with Gasteiger partial charge in [0.15, 0.2) is 5.78 Å². The van der Waals surface area contributed by atoms with Crippen LogP contribution in [0, 0.1) is 5.92 Å². The maximum Gasteiger partial charge on any atom is 0.317 e. The minimum Gasteiger partial charge on any atom is -0.468 e. The van der Waals surface area contributed by atoms with Gasteiger partial charge in [-0.25, -0.2) is 0 Å². The first-order valence-electron chi connectivity index (χ1n) is 3.39. The molecule has 1 saturated heterocycles. The summed E-state index contributed by atoms with van der Waals surface area (Å²) in [6.45, 7) is 1.87. The van der Waals surface area contributed by atoms with Gasteiger partial charge in [-0.1, -0.05) is 6.92 Å². The summed E-state index contributed by atoms with van der Waals surface area (Å²) in [5.74, 6) is -0.479. The zero-order chi connectivity index (χ0) is 8.43. The van der Waals surface area contributed by atoms with Crippen LogP contribution in [0.1, 0.15) is 6.92 Å². The van der Waals surface area contributed by atoms with Crippen LogP contribution >= 0.6 is 11.8 Å². The first-order valence-corrected chi connectivity index (χ1v) is 4.44. The Morgan fingerprint density at radius 2 is 2.36 bits per heavy atom. The summed E-state index contributed by atoms with van der Waals surface area (Å²) in [6.07, 6.45) is 0. The monoisotopic (exact) mass is 174 g/mol. The molecule has 0 amide bonds. The highest BCUT2D eigenvalue weighted by molar-refractivity contribution is 8.01. The second-order valence-corrected chi connectivity index (χ2v) is 3.85. The van der Waals surface area contributed by atoms with Crippen molar-refractivity contribution in [3.05, 3.63) is 0 Å². The summed E-state index contributed by atoms with van der Waals surface area (Å²) < 4.78 is 4.50. The number of carbonyl (C=O) groups excluding carboxylic acids is 2. The van der Waals surface area contributed by atoms with Crippen LogP contribution < -0.4 is 0 Å². The molecule has 2 atom stereocenters. The molecule has 0 aromatic heterocycles. The fourth-order valence-corrected chi connectivity index (χ4v) is 2.17. The molecule has 0 spiro atoms. The Kier molecular flexibility index (Phi) is 2.54. The van der Waals surface area contributed by atoms with Crippen molar-refractivity contribution in [1.29, 1.82) is 0 Å². The summed E-state index contributed by atoms with van der Waals surface area (Å²) >= 11 is 1.51. The average Bonchev–Trinajstić information content (AvgIpc) is 2.30. The molecule has 2 unspecified atom stereocenters. The van der Waals surface area contributed by atoms with Gasteiger partial charge in [-0.15, -0.1) is 11.8 Å². The highest BCUT2D eigenvalue weighted by Gasteiger charge is 2.38. The van der Waals surface area contributed by atoms with Gasteiger partial charge >= 0.3 is 5.97 Å². The van der Waals surface area contributed by atoms with Crippen LogP contribution in [0.4, 0.5) is 0 Å². The second kappa shape index (κ2) is 3.26. The number of carbonyl (C=O) groups is 2. The predicted octanol–water partition coefficient (Wildman–Crippen LogP) is 0.480. The fraction of sp³-hybridized carbons (Fsp3) is 0.714. The van der Waals surface area contributed by atoms with Gasteiger partial charge in [-0.05, 0) is 0 Å². The molecule has 1 aliphatic heterocycles. The number of rotatable bonds is 1. The first-order chi connectivity index (χ1) is 5.16. The van der Waals surface area contributed by atoms with Crippen LogP contribution in [0.3, 0.4) is 0 Å². The van der Waals surface area contributed by atoms with Gasteiger partial charge in [0.1, 0.15) is 5.92 Å². The second-order valence-electron chi connectivity index (χ2n) is 2.48. The number of hydrogen-bond acceptors (Lipinski definition) is 4.